The van der Waals surface area contributed by atoms with Crippen molar-refractivity contribution >= 4 is 11.9 Å². The fourth-order valence-electron chi connectivity index (χ4n) is 2.50. The zero-order chi connectivity index (χ0) is 16.9. The summed E-state index contributed by atoms with van der Waals surface area (Å²) in [5.74, 6) is -1.66. The number of hydrogen-bond donors (Lipinski definition) is 1. The Morgan fingerprint density at radius 3 is 1.96 bits per heavy atom. The van der Waals surface area contributed by atoms with Crippen LogP contribution in [0.3, 0.4) is 0 Å². The van der Waals surface area contributed by atoms with Gasteiger partial charge in [-0.15, -0.1) is 0 Å². The number of esters is 1. The summed E-state index contributed by atoms with van der Waals surface area (Å²) in [6, 6.07) is 6.14. The first-order valence-corrected chi connectivity index (χ1v) is 8.66. The molecule has 0 spiro atoms. The molecule has 1 rings (SSSR count). The van der Waals surface area contributed by atoms with Crippen molar-refractivity contribution in [2.75, 3.05) is 6.61 Å². The van der Waals surface area contributed by atoms with E-state index in [0.717, 1.165) is 19.3 Å². The molecule has 0 atom stereocenters. The molecule has 0 fully saturated rings. The van der Waals surface area contributed by atoms with Gasteiger partial charge in [-0.1, -0.05) is 70.4 Å². The highest BCUT2D eigenvalue weighted by Crippen LogP contribution is 2.12. The third kappa shape index (κ3) is 7.82. The van der Waals surface area contributed by atoms with E-state index in [9.17, 15) is 9.59 Å². The molecule has 4 nitrogen and oxygen atoms in total. The second-order valence-corrected chi connectivity index (χ2v) is 5.82. The highest BCUT2D eigenvalue weighted by Gasteiger charge is 2.16. The molecule has 0 saturated heterocycles. The quantitative estimate of drug-likeness (QED) is 0.431. The minimum Gasteiger partial charge on any atom is -0.478 e. The molecule has 0 saturated carbocycles. The lowest BCUT2D eigenvalue weighted by atomic mass is 10.1. The molecule has 0 radical (unpaired) electrons. The fourth-order valence-corrected chi connectivity index (χ4v) is 2.50. The average Bonchev–Trinajstić information content (AvgIpc) is 2.56. The van der Waals surface area contributed by atoms with Gasteiger partial charge in [0.1, 0.15) is 0 Å². The van der Waals surface area contributed by atoms with Gasteiger partial charge in [0.25, 0.3) is 0 Å². The molecule has 1 aromatic carbocycles. The molecule has 0 heterocycles. The van der Waals surface area contributed by atoms with Crippen LogP contribution in [-0.4, -0.2) is 23.7 Å². The molecule has 23 heavy (non-hydrogen) atoms. The lowest BCUT2D eigenvalue weighted by Gasteiger charge is -2.07. The maximum Gasteiger partial charge on any atom is 0.339 e. The first kappa shape index (κ1) is 19.2. The minimum atomic E-state index is -1.11. The number of benzene rings is 1. The van der Waals surface area contributed by atoms with Gasteiger partial charge in [0.2, 0.25) is 0 Å². The van der Waals surface area contributed by atoms with Gasteiger partial charge in [0.05, 0.1) is 17.7 Å². The predicted molar refractivity (Wildman–Crippen MR) is 90.9 cm³/mol. The maximum absolute atomic E-state index is 11.9. The number of aromatic carboxylic acids is 1. The standard InChI is InChI=1S/C19H28O4/c1-2-3-4-5-6-7-8-9-12-15-23-19(22)17-14-11-10-13-16(17)18(20)21/h10-11,13-14H,2-9,12,15H2,1H3,(H,20,21). The second-order valence-electron chi connectivity index (χ2n) is 5.82. The molecule has 4 heteroatoms. The van der Waals surface area contributed by atoms with Gasteiger partial charge in [-0.2, -0.15) is 0 Å². The third-order valence-electron chi connectivity index (χ3n) is 3.86. The summed E-state index contributed by atoms with van der Waals surface area (Å²) in [6.45, 7) is 2.57. The van der Waals surface area contributed by atoms with E-state index in [1.54, 1.807) is 12.1 Å². The van der Waals surface area contributed by atoms with Crippen molar-refractivity contribution in [3.63, 3.8) is 0 Å². The number of ether oxygens (including phenoxy) is 1. The number of carbonyl (C=O) groups is 2. The number of carboxylic acids is 1. The average molecular weight is 320 g/mol. The van der Waals surface area contributed by atoms with E-state index in [0.29, 0.717) is 6.61 Å². The van der Waals surface area contributed by atoms with Gasteiger partial charge in [-0.3, -0.25) is 0 Å². The number of carbonyl (C=O) groups excluding carboxylic acids is 1. The van der Waals surface area contributed by atoms with Crippen LogP contribution < -0.4 is 0 Å². The van der Waals surface area contributed by atoms with Crippen molar-refractivity contribution in [3.8, 4) is 0 Å². The van der Waals surface area contributed by atoms with Gasteiger partial charge < -0.3 is 9.84 Å². The zero-order valence-corrected chi connectivity index (χ0v) is 14.1. The van der Waals surface area contributed by atoms with E-state index >= 15 is 0 Å². The topological polar surface area (TPSA) is 63.6 Å². The summed E-state index contributed by atoms with van der Waals surface area (Å²) in [7, 11) is 0. The summed E-state index contributed by atoms with van der Waals surface area (Å²) >= 11 is 0. The number of rotatable bonds is 12. The Hall–Kier alpha value is -1.84. The lowest BCUT2D eigenvalue weighted by molar-refractivity contribution is 0.0487. The Morgan fingerprint density at radius 2 is 1.39 bits per heavy atom. The van der Waals surface area contributed by atoms with Gasteiger partial charge in [-0.05, 0) is 18.6 Å². The van der Waals surface area contributed by atoms with Crippen LogP contribution in [0, 0.1) is 0 Å². The van der Waals surface area contributed by atoms with E-state index in [2.05, 4.69) is 6.92 Å². The molecule has 0 aromatic heterocycles. The smallest absolute Gasteiger partial charge is 0.339 e. The van der Waals surface area contributed by atoms with Crippen molar-refractivity contribution < 1.29 is 19.4 Å². The first-order valence-electron chi connectivity index (χ1n) is 8.66. The fraction of sp³-hybridized carbons (Fsp3) is 0.579. The Bertz CT molecular complexity index is 482. The minimum absolute atomic E-state index is 0.00965. The molecular formula is C19H28O4. The Balaban J connectivity index is 2.14. The highest BCUT2D eigenvalue weighted by molar-refractivity contribution is 6.02. The van der Waals surface area contributed by atoms with Crippen LogP contribution in [0.4, 0.5) is 0 Å². The normalized spacial score (nSPS) is 10.5. The van der Waals surface area contributed by atoms with Crippen LogP contribution in [-0.2, 0) is 4.74 Å². The van der Waals surface area contributed by atoms with E-state index in [1.807, 2.05) is 0 Å². The van der Waals surface area contributed by atoms with Crippen LogP contribution in [0.1, 0.15) is 85.4 Å². The number of carboxylic acid groups (broad SMARTS) is 1. The summed E-state index contributed by atoms with van der Waals surface area (Å²) < 4.78 is 5.18. The Labute approximate surface area is 138 Å². The van der Waals surface area contributed by atoms with Gasteiger partial charge >= 0.3 is 11.9 Å². The molecule has 1 aromatic rings. The van der Waals surface area contributed by atoms with Crippen LogP contribution in [0.25, 0.3) is 0 Å². The molecule has 128 valence electrons. The third-order valence-corrected chi connectivity index (χ3v) is 3.86. The van der Waals surface area contributed by atoms with Crippen molar-refractivity contribution in [3.05, 3.63) is 35.4 Å². The van der Waals surface area contributed by atoms with Crippen LogP contribution >= 0.6 is 0 Å². The molecular weight excluding hydrogens is 292 g/mol. The maximum atomic E-state index is 11.9. The van der Waals surface area contributed by atoms with Crippen LogP contribution in [0.2, 0.25) is 0 Å². The van der Waals surface area contributed by atoms with Crippen LogP contribution in [0.5, 0.6) is 0 Å². The SMILES string of the molecule is CCCCCCCCCCCOC(=O)c1ccccc1C(=O)O. The molecule has 0 bridgehead atoms. The highest BCUT2D eigenvalue weighted by atomic mass is 16.5. The summed E-state index contributed by atoms with van der Waals surface area (Å²) in [4.78, 5) is 23.0. The molecule has 0 aliphatic carbocycles. The van der Waals surface area contributed by atoms with Crippen molar-refractivity contribution in [2.45, 2.75) is 64.7 Å². The van der Waals surface area contributed by atoms with Gasteiger partial charge in [0, 0.05) is 0 Å². The predicted octanol–water partition coefficient (Wildman–Crippen LogP) is 5.07. The second kappa shape index (κ2) is 11.7. The van der Waals surface area contributed by atoms with Crippen LogP contribution in [0.15, 0.2) is 24.3 Å². The van der Waals surface area contributed by atoms with Crippen molar-refractivity contribution in [1.29, 1.82) is 0 Å². The summed E-state index contributed by atoms with van der Waals surface area (Å²) in [5, 5.41) is 9.05. The number of hydrogen-bond acceptors (Lipinski definition) is 3. The van der Waals surface area contributed by atoms with E-state index in [-0.39, 0.29) is 11.1 Å². The monoisotopic (exact) mass is 320 g/mol. The first-order chi connectivity index (χ1) is 11.2. The van der Waals surface area contributed by atoms with E-state index in [1.165, 1.54) is 50.7 Å². The molecule has 0 aliphatic rings. The molecule has 0 aliphatic heterocycles. The van der Waals surface area contributed by atoms with Gasteiger partial charge in [0.15, 0.2) is 0 Å². The Morgan fingerprint density at radius 1 is 0.870 bits per heavy atom. The van der Waals surface area contributed by atoms with E-state index < -0.39 is 11.9 Å². The van der Waals surface area contributed by atoms with Crippen molar-refractivity contribution in [2.24, 2.45) is 0 Å². The molecule has 0 unspecified atom stereocenters. The molecule has 0 amide bonds. The van der Waals surface area contributed by atoms with Crippen molar-refractivity contribution in [1.82, 2.24) is 0 Å². The largest absolute Gasteiger partial charge is 0.478 e. The summed E-state index contributed by atoms with van der Waals surface area (Å²) in [6.07, 6.45) is 10.8. The lowest BCUT2D eigenvalue weighted by Crippen LogP contribution is -2.12. The number of unbranched alkanes of at least 4 members (excludes halogenated alkanes) is 8. The van der Waals surface area contributed by atoms with E-state index in [4.69, 9.17) is 9.84 Å². The zero-order valence-electron chi connectivity index (χ0n) is 14.1. The van der Waals surface area contributed by atoms with Gasteiger partial charge in [-0.25, -0.2) is 9.59 Å². The Kier molecular flexibility index (Phi) is 9.76. The summed E-state index contributed by atoms with van der Waals surface area (Å²) in [5.41, 5.74) is 0.112. The molecule has 1 N–H and O–H groups in total.